The Bertz CT molecular complexity index is 620. The maximum Gasteiger partial charge on any atom is 0.0658 e. The third kappa shape index (κ3) is 3.92. The fourth-order valence-electron chi connectivity index (χ4n) is 2.24. The summed E-state index contributed by atoms with van der Waals surface area (Å²) in [4.78, 5) is 6.42. The Morgan fingerprint density at radius 3 is 2.71 bits per heavy atom. The van der Waals surface area contributed by atoms with Crippen LogP contribution in [-0.2, 0) is 0 Å². The van der Waals surface area contributed by atoms with Crippen LogP contribution in [0.3, 0.4) is 0 Å². The zero-order valence-electron chi connectivity index (χ0n) is 12.9. The van der Waals surface area contributed by atoms with Gasteiger partial charge in [-0.3, -0.25) is 4.98 Å². The molecule has 0 atom stereocenters. The van der Waals surface area contributed by atoms with Gasteiger partial charge in [-0.15, -0.1) is 0 Å². The molecule has 0 aliphatic carbocycles. The number of benzene rings is 1. The molecule has 1 N–H and O–H groups in total. The molecule has 1 aromatic heterocycles. The number of hydrogen-bond acceptors (Lipinski definition) is 3. The molecule has 0 amide bonds. The van der Waals surface area contributed by atoms with Crippen molar-refractivity contribution in [1.29, 1.82) is 0 Å². The molecule has 0 saturated carbocycles. The fourth-order valence-corrected chi connectivity index (χ4v) is 2.24. The van der Waals surface area contributed by atoms with Crippen molar-refractivity contribution in [1.82, 2.24) is 4.98 Å². The predicted molar refractivity (Wildman–Crippen MR) is 89.3 cm³/mol. The molecular weight excluding hydrogens is 260 g/mol. The van der Waals surface area contributed by atoms with E-state index in [-0.39, 0.29) is 6.61 Å². The van der Waals surface area contributed by atoms with Crippen LogP contribution in [0.1, 0.15) is 23.7 Å². The second-order valence-electron chi connectivity index (χ2n) is 5.23. The lowest BCUT2D eigenvalue weighted by Crippen LogP contribution is -2.21. The highest BCUT2D eigenvalue weighted by Crippen LogP contribution is 2.22. The Hall–Kier alpha value is -2.13. The summed E-state index contributed by atoms with van der Waals surface area (Å²) in [6.45, 7) is 4.99. The smallest absolute Gasteiger partial charge is 0.0658 e. The number of rotatable bonds is 5. The fraction of sp³-hybridized carbons (Fsp3) is 0.278. The minimum atomic E-state index is 0.163. The van der Waals surface area contributed by atoms with Crippen LogP contribution in [0.4, 0.5) is 5.69 Å². The number of aryl methyl sites for hydroxylation is 1. The van der Waals surface area contributed by atoms with Gasteiger partial charge in [0.15, 0.2) is 0 Å². The van der Waals surface area contributed by atoms with Crippen molar-refractivity contribution in [2.24, 2.45) is 0 Å². The van der Waals surface area contributed by atoms with Crippen LogP contribution in [0.15, 0.2) is 42.6 Å². The summed E-state index contributed by atoms with van der Waals surface area (Å²) in [5, 5.41) is 9.01. The zero-order chi connectivity index (χ0) is 15.2. The number of nitrogens with zero attached hydrogens (tertiary/aromatic N) is 2. The standard InChI is InChI=1S/C18H22N2O/c1-14-13-17(20(3)10-11-21)8-7-16(14)12-15(2)18-6-4-5-9-19-18/h4-9,12-13,21H,10-11H2,1-3H3. The first kappa shape index (κ1) is 15.3. The van der Waals surface area contributed by atoms with E-state index in [4.69, 9.17) is 5.11 Å². The molecule has 0 fully saturated rings. The molecule has 0 saturated heterocycles. The van der Waals surface area contributed by atoms with Crippen molar-refractivity contribution in [3.63, 3.8) is 0 Å². The molecule has 1 aromatic carbocycles. The van der Waals surface area contributed by atoms with Crippen molar-refractivity contribution < 1.29 is 5.11 Å². The minimum absolute atomic E-state index is 0.163. The molecule has 0 aliphatic heterocycles. The van der Waals surface area contributed by atoms with Crippen LogP contribution in [0.25, 0.3) is 11.6 Å². The van der Waals surface area contributed by atoms with E-state index in [9.17, 15) is 0 Å². The molecule has 2 aromatic rings. The number of aliphatic hydroxyl groups excluding tert-OH is 1. The first-order valence-corrected chi connectivity index (χ1v) is 7.14. The Morgan fingerprint density at radius 1 is 1.29 bits per heavy atom. The quantitative estimate of drug-likeness (QED) is 0.913. The number of allylic oxidation sites excluding steroid dienone is 1. The van der Waals surface area contributed by atoms with E-state index >= 15 is 0 Å². The molecule has 0 radical (unpaired) electrons. The van der Waals surface area contributed by atoms with Gasteiger partial charge in [0.2, 0.25) is 0 Å². The average molecular weight is 282 g/mol. The van der Waals surface area contributed by atoms with Crippen LogP contribution in [0.5, 0.6) is 0 Å². The van der Waals surface area contributed by atoms with Crippen molar-refractivity contribution in [3.8, 4) is 0 Å². The molecule has 2 rings (SSSR count). The van der Waals surface area contributed by atoms with E-state index in [1.807, 2.05) is 36.3 Å². The Kier molecular flexibility index (Phi) is 5.12. The largest absolute Gasteiger partial charge is 0.395 e. The van der Waals surface area contributed by atoms with Gasteiger partial charge in [0.05, 0.1) is 12.3 Å². The molecule has 0 aliphatic rings. The zero-order valence-corrected chi connectivity index (χ0v) is 12.9. The third-order valence-corrected chi connectivity index (χ3v) is 3.57. The maximum absolute atomic E-state index is 9.01. The van der Waals surface area contributed by atoms with Crippen LogP contribution >= 0.6 is 0 Å². The van der Waals surface area contributed by atoms with Crippen molar-refractivity contribution in [3.05, 3.63) is 59.4 Å². The summed E-state index contributed by atoms with van der Waals surface area (Å²) in [5.74, 6) is 0. The first-order chi connectivity index (χ1) is 10.1. The number of pyridine rings is 1. The minimum Gasteiger partial charge on any atom is -0.395 e. The SMILES string of the molecule is CC(=Cc1ccc(N(C)CCO)cc1C)c1ccccn1. The summed E-state index contributed by atoms with van der Waals surface area (Å²) in [6.07, 6.45) is 3.97. The van der Waals surface area contributed by atoms with Crippen LogP contribution in [0, 0.1) is 6.92 Å². The molecule has 0 spiro atoms. The van der Waals surface area contributed by atoms with Crippen LogP contribution < -0.4 is 4.90 Å². The van der Waals surface area contributed by atoms with Gasteiger partial charge in [-0.1, -0.05) is 12.1 Å². The number of aromatic nitrogens is 1. The van der Waals surface area contributed by atoms with E-state index < -0.39 is 0 Å². The van der Waals surface area contributed by atoms with Crippen LogP contribution in [-0.4, -0.2) is 30.3 Å². The van der Waals surface area contributed by atoms with Crippen molar-refractivity contribution in [2.45, 2.75) is 13.8 Å². The summed E-state index contributed by atoms with van der Waals surface area (Å²) in [6, 6.07) is 12.3. The second-order valence-corrected chi connectivity index (χ2v) is 5.23. The number of likely N-dealkylation sites (N-methyl/N-ethyl adjacent to an activating group) is 1. The molecular formula is C18H22N2O. The van der Waals surface area contributed by atoms with Crippen molar-refractivity contribution >= 4 is 17.3 Å². The molecule has 0 bridgehead atoms. The monoisotopic (exact) mass is 282 g/mol. The van der Waals surface area contributed by atoms with Gasteiger partial charge >= 0.3 is 0 Å². The van der Waals surface area contributed by atoms with Gasteiger partial charge in [0.1, 0.15) is 0 Å². The summed E-state index contributed by atoms with van der Waals surface area (Å²) in [7, 11) is 1.99. The van der Waals surface area contributed by atoms with E-state index in [0.29, 0.717) is 6.54 Å². The molecule has 110 valence electrons. The highest BCUT2D eigenvalue weighted by Gasteiger charge is 2.04. The van der Waals surface area contributed by atoms with E-state index in [0.717, 1.165) is 17.0 Å². The lowest BCUT2D eigenvalue weighted by atomic mass is 10.0. The molecule has 21 heavy (non-hydrogen) atoms. The molecule has 0 unspecified atom stereocenters. The predicted octanol–water partition coefficient (Wildman–Crippen LogP) is 3.38. The highest BCUT2D eigenvalue weighted by molar-refractivity contribution is 5.80. The summed E-state index contributed by atoms with van der Waals surface area (Å²) in [5.41, 5.74) is 5.68. The number of aliphatic hydroxyl groups is 1. The second kappa shape index (κ2) is 7.04. The Balaban J connectivity index is 2.25. The maximum atomic E-state index is 9.01. The topological polar surface area (TPSA) is 36.4 Å². The van der Waals surface area contributed by atoms with Gasteiger partial charge in [-0.2, -0.15) is 0 Å². The normalized spacial score (nSPS) is 11.5. The number of anilines is 1. The van der Waals surface area contributed by atoms with E-state index in [2.05, 4.69) is 43.1 Å². The third-order valence-electron chi connectivity index (χ3n) is 3.57. The van der Waals surface area contributed by atoms with Gasteiger partial charge in [0, 0.05) is 25.5 Å². The molecule has 3 nitrogen and oxygen atoms in total. The molecule has 1 heterocycles. The van der Waals surface area contributed by atoms with Gasteiger partial charge in [-0.05, 0) is 60.9 Å². The van der Waals surface area contributed by atoms with Crippen molar-refractivity contribution in [2.75, 3.05) is 25.1 Å². The summed E-state index contributed by atoms with van der Waals surface area (Å²) < 4.78 is 0. The van der Waals surface area contributed by atoms with E-state index in [1.54, 1.807) is 0 Å². The van der Waals surface area contributed by atoms with Gasteiger partial charge in [-0.25, -0.2) is 0 Å². The van der Waals surface area contributed by atoms with Gasteiger partial charge in [0.25, 0.3) is 0 Å². The molecule has 3 heteroatoms. The summed E-state index contributed by atoms with van der Waals surface area (Å²) >= 11 is 0. The average Bonchev–Trinajstić information content (AvgIpc) is 2.50. The lowest BCUT2D eigenvalue weighted by Gasteiger charge is -2.19. The lowest BCUT2D eigenvalue weighted by molar-refractivity contribution is 0.304. The number of hydrogen-bond donors (Lipinski definition) is 1. The van der Waals surface area contributed by atoms with Gasteiger partial charge < -0.3 is 10.0 Å². The highest BCUT2D eigenvalue weighted by atomic mass is 16.3. The van der Waals surface area contributed by atoms with E-state index in [1.165, 1.54) is 11.1 Å². The first-order valence-electron chi connectivity index (χ1n) is 7.14. The Morgan fingerprint density at radius 2 is 2.10 bits per heavy atom. The Labute approximate surface area is 126 Å². The van der Waals surface area contributed by atoms with Crippen LogP contribution in [0.2, 0.25) is 0 Å².